The molecule has 0 spiro atoms. The number of nitrogens with zero attached hydrogens (tertiary/aromatic N) is 1. The number of carbonyl (C=O) groups excluding carboxylic acids is 2. The van der Waals surface area contributed by atoms with Gasteiger partial charge in [-0.15, -0.1) is 11.3 Å². The predicted octanol–water partition coefficient (Wildman–Crippen LogP) is 5.04. The molecule has 0 unspecified atom stereocenters. The second kappa shape index (κ2) is 9.82. The molecule has 0 aliphatic carbocycles. The number of rotatable bonds is 7. The zero-order valence-corrected chi connectivity index (χ0v) is 18.0. The van der Waals surface area contributed by atoms with E-state index in [-0.39, 0.29) is 24.3 Å². The minimum absolute atomic E-state index is 0.108. The van der Waals surface area contributed by atoms with Crippen LogP contribution in [-0.4, -0.2) is 23.4 Å². The molecule has 1 heterocycles. The highest BCUT2D eigenvalue weighted by atomic mass is 32.1. The summed E-state index contributed by atoms with van der Waals surface area (Å²) >= 11 is 1.24. The fourth-order valence-corrected chi connectivity index (χ4v) is 3.57. The van der Waals surface area contributed by atoms with E-state index >= 15 is 0 Å². The first-order valence-electron chi connectivity index (χ1n) is 9.54. The molecule has 3 aromatic rings. The van der Waals surface area contributed by atoms with Crippen LogP contribution in [-0.2, 0) is 15.8 Å². The highest BCUT2D eigenvalue weighted by Crippen LogP contribution is 2.30. The number of hydrogen-bond donors (Lipinski definition) is 2. The van der Waals surface area contributed by atoms with Gasteiger partial charge in [-0.1, -0.05) is 24.3 Å². The molecule has 3 rings (SSSR count). The molecule has 0 fully saturated rings. The molecule has 0 bridgehead atoms. The van der Waals surface area contributed by atoms with Crippen molar-refractivity contribution in [2.24, 2.45) is 0 Å². The third kappa shape index (κ3) is 6.30. The number of amides is 2. The summed E-state index contributed by atoms with van der Waals surface area (Å²) in [6, 6.07) is 11.5. The summed E-state index contributed by atoms with van der Waals surface area (Å²) in [5, 5.41) is 7.58. The number of alkyl halides is 3. The molecule has 168 valence electrons. The SMILES string of the molecule is CC(=O)N[C@H](C)c1ccc(-c2csc(NC(=O)COc3ccc(C(F)(F)F)cc3)n2)cc1. The van der Waals surface area contributed by atoms with Crippen molar-refractivity contribution in [2.45, 2.75) is 26.1 Å². The number of thiazole rings is 1. The lowest BCUT2D eigenvalue weighted by Gasteiger charge is -2.13. The summed E-state index contributed by atoms with van der Waals surface area (Å²) < 4.78 is 43.0. The van der Waals surface area contributed by atoms with E-state index in [1.165, 1.54) is 18.3 Å². The summed E-state index contributed by atoms with van der Waals surface area (Å²) in [6.07, 6.45) is -4.43. The predicted molar refractivity (Wildman–Crippen MR) is 115 cm³/mol. The van der Waals surface area contributed by atoms with Crippen molar-refractivity contribution in [2.75, 3.05) is 11.9 Å². The van der Waals surface area contributed by atoms with Crippen LogP contribution >= 0.6 is 11.3 Å². The van der Waals surface area contributed by atoms with Crippen LogP contribution in [0.2, 0.25) is 0 Å². The Morgan fingerprint density at radius 1 is 1.09 bits per heavy atom. The summed E-state index contributed by atoms with van der Waals surface area (Å²) in [5.74, 6) is -0.435. The topological polar surface area (TPSA) is 80.3 Å². The van der Waals surface area contributed by atoms with E-state index in [1.54, 1.807) is 5.38 Å². The molecule has 2 amide bonds. The van der Waals surface area contributed by atoms with Crippen molar-refractivity contribution < 1.29 is 27.5 Å². The highest BCUT2D eigenvalue weighted by Gasteiger charge is 2.30. The number of anilines is 1. The van der Waals surface area contributed by atoms with E-state index < -0.39 is 17.6 Å². The average molecular weight is 463 g/mol. The summed E-state index contributed by atoms with van der Waals surface area (Å²) in [5.41, 5.74) is 1.68. The lowest BCUT2D eigenvalue weighted by molar-refractivity contribution is -0.137. The number of hydrogen-bond acceptors (Lipinski definition) is 5. The van der Waals surface area contributed by atoms with Crippen molar-refractivity contribution in [3.8, 4) is 17.0 Å². The van der Waals surface area contributed by atoms with Crippen molar-refractivity contribution in [1.29, 1.82) is 0 Å². The van der Waals surface area contributed by atoms with E-state index in [4.69, 9.17) is 4.74 Å². The molecule has 6 nitrogen and oxygen atoms in total. The third-order valence-electron chi connectivity index (χ3n) is 4.43. The first-order chi connectivity index (χ1) is 15.1. The van der Waals surface area contributed by atoms with Crippen LogP contribution < -0.4 is 15.4 Å². The monoisotopic (exact) mass is 463 g/mol. The second-order valence-electron chi connectivity index (χ2n) is 6.94. The van der Waals surface area contributed by atoms with Gasteiger partial charge in [0.05, 0.1) is 17.3 Å². The van der Waals surface area contributed by atoms with Crippen LogP contribution in [0.3, 0.4) is 0 Å². The van der Waals surface area contributed by atoms with Crippen LogP contribution in [0.4, 0.5) is 18.3 Å². The number of benzene rings is 2. The second-order valence-corrected chi connectivity index (χ2v) is 7.80. The first-order valence-corrected chi connectivity index (χ1v) is 10.4. The van der Waals surface area contributed by atoms with Crippen LogP contribution in [0.1, 0.15) is 31.0 Å². The van der Waals surface area contributed by atoms with Gasteiger partial charge < -0.3 is 10.1 Å². The Bertz CT molecular complexity index is 1080. The maximum atomic E-state index is 12.6. The standard InChI is InChI=1S/C22H20F3N3O3S/c1-13(26-14(2)29)15-3-5-16(6-4-15)19-12-32-21(27-19)28-20(30)11-31-18-9-7-17(8-10-18)22(23,24)25/h3-10,12-13H,11H2,1-2H3,(H,26,29)(H,27,28,30)/t13-/m1/s1. The van der Waals surface area contributed by atoms with Gasteiger partial charge in [0.15, 0.2) is 11.7 Å². The number of aromatic nitrogens is 1. The molecule has 0 aliphatic heterocycles. The van der Waals surface area contributed by atoms with Gasteiger partial charge in [0.1, 0.15) is 5.75 Å². The largest absolute Gasteiger partial charge is 0.484 e. The molecule has 2 N–H and O–H groups in total. The Morgan fingerprint density at radius 2 is 1.75 bits per heavy atom. The maximum Gasteiger partial charge on any atom is 0.416 e. The third-order valence-corrected chi connectivity index (χ3v) is 5.19. The minimum Gasteiger partial charge on any atom is -0.484 e. The molecule has 0 saturated carbocycles. The Morgan fingerprint density at radius 3 is 2.34 bits per heavy atom. The van der Waals surface area contributed by atoms with Crippen LogP contribution in [0.5, 0.6) is 5.75 Å². The van der Waals surface area contributed by atoms with E-state index in [1.807, 2.05) is 31.2 Å². The molecule has 1 atom stereocenters. The van der Waals surface area contributed by atoms with Gasteiger partial charge in [-0.05, 0) is 36.8 Å². The molecule has 1 aromatic heterocycles. The Hall–Kier alpha value is -3.40. The van der Waals surface area contributed by atoms with Gasteiger partial charge in [0, 0.05) is 17.9 Å². The van der Waals surface area contributed by atoms with Crippen molar-refractivity contribution in [3.05, 3.63) is 65.0 Å². The maximum absolute atomic E-state index is 12.6. The zero-order valence-electron chi connectivity index (χ0n) is 17.2. The van der Waals surface area contributed by atoms with Crippen LogP contribution in [0, 0.1) is 0 Å². The molecular formula is C22H20F3N3O3S. The van der Waals surface area contributed by atoms with Gasteiger partial charge in [-0.25, -0.2) is 4.98 Å². The van der Waals surface area contributed by atoms with Crippen molar-refractivity contribution >= 4 is 28.3 Å². The minimum atomic E-state index is -4.43. The van der Waals surface area contributed by atoms with E-state index in [0.29, 0.717) is 10.8 Å². The van der Waals surface area contributed by atoms with Crippen LogP contribution in [0.15, 0.2) is 53.9 Å². The van der Waals surface area contributed by atoms with Gasteiger partial charge >= 0.3 is 6.18 Å². The molecular weight excluding hydrogens is 443 g/mol. The number of ether oxygens (including phenoxy) is 1. The molecule has 32 heavy (non-hydrogen) atoms. The van der Waals surface area contributed by atoms with Gasteiger partial charge in [0.25, 0.3) is 5.91 Å². The molecule has 0 saturated heterocycles. The lowest BCUT2D eigenvalue weighted by Crippen LogP contribution is -2.23. The van der Waals surface area contributed by atoms with Crippen molar-refractivity contribution in [1.82, 2.24) is 10.3 Å². The molecule has 0 radical (unpaired) electrons. The molecule has 0 aliphatic rings. The molecule has 2 aromatic carbocycles. The average Bonchev–Trinajstić information content (AvgIpc) is 3.20. The van der Waals surface area contributed by atoms with E-state index in [9.17, 15) is 22.8 Å². The smallest absolute Gasteiger partial charge is 0.416 e. The first kappa shape index (κ1) is 23.3. The summed E-state index contributed by atoms with van der Waals surface area (Å²) in [7, 11) is 0. The van der Waals surface area contributed by atoms with E-state index in [0.717, 1.165) is 35.4 Å². The molecule has 10 heteroatoms. The number of halogens is 3. The number of carbonyl (C=O) groups is 2. The van der Waals surface area contributed by atoms with Crippen LogP contribution in [0.25, 0.3) is 11.3 Å². The van der Waals surface area contributed by atoms with Gasteiger partial charge in [-0.2, -0.15) is 13.2 Å². The zero-order chi connectivity index (χ0) is 23.3. The number of nitrogens with one attached hydrogen (secondary N) is 2. The van der Waals surface area contributed by atoms with Gasteiger partial charge in [-0.3, -0.25) is 14.9 Å². The fraction of sp³-hybridized carbons (Fsp3) is 0.227. The Labute approximate surface area is 186 Å². The highest BCUT2D eigenvalue weighted by molar-refractivity contribution is 7.14. The lowest BCUT2D eigenvalue weighted by atomic mass is 10.1. The van der Waals surface area contributed by atoms with E-state index in [2.05, 4.69) is 15.6 Å². The summed E-state index contributed by atoms with van der Waals surface area (Å²) in [6.45, 7) is 2.99. The Balaban J connectivity index is 1.54. The van der Waals surface area contributed by atoms with Gasteiger partial charge in [0.2, 0.25) is 5.91 Å². The fourth-order valence-electron chi connectivity index (χ4n) is 2.84. The van der Waals surface area contributed by atoms with Crippen molar-refractivity contribution in [3.63, 3.8) is 0 Å². The summed E-state index contributed by atoms with van der Waals surface area (Å²) in [4.78, 5) is 27.6. The normalized spacial score (nSPS) is 12.2. The Kier molecular flexibility index (Phi) is 7.14. The quantitative estimate of drug-likeness (QED) is 0.514.